The van der Waals surface area contributed by atoms with E-state index in [1.54, 1.807) is 30.3 Å². The van der Waals surface area contributed by atoms with E-state index >= 15 is 4.39 Å². The molecule has 1 fully saturated rings. The number of aryl methyl sites for hydroxylation is 3. The number of rotatable bonds is 3. The molecule has 1 aliphatic heterocycles. The third kappa shape index (κ3) is 3.45. The topological polar surface area (TPSA) is 96.6 Å². The van der Waals surface area contributed by atoms with E-state index in [0.717, 1.165) is 22.4 Å². The number of carbonyl (C=O) groups excluding carboxylic acids is 1. The number of nitrogens with one attached hydrogen (secondary N) is 1. The monoisotopic (exact) mass is 413 g/mol. The molecule has 3 aromatic rings. The van der Waals surface area contributed by atoms with Crippen LogP contribution < -0.4 is 0 Å². The summed E-state index contributed by atoms with van der Waals surface area (Å²) in [5.41, 5.74) is 3.68. The van der Waals surface area contributed by atoms with E-state index < -0.39 is 5.67 Å². The van der Waals surface area contributed by atoms with E-state index in [-0.39, 0.29) is 24.8 Å². The number of carbonyl (C=O) groups is 1. The lowest BCUT2D eigenvalue weighted by molar-refractivity contribution is -0.0231. The van der Waals surface area contributed by atoms with Crippen LogP contribution in [0.1, 0.15) is 44.1 Å². The zero-order chi connectivity index (χ0) is 22.3. The summed E-state index contributed by atoms with van der Waals surface area (Å²) in [4.78, 5) is 21.9. The molecule has 1 aromatic heterocycles. The van der Waals surface area contributed by atoms with Gasteiger partial charge in [-0.2, -0.15) is 10.5 Å². The highest BCUT2D eigenvalue weighted by atomic mass is 19.1. The van der Waals surface area contributed by atoms with Gasteiger partial charge in [0.05, 0.1) is 30.4 Å². The second kappa shape index (κ2) is 7.37. The molecule has 6 nitrogen and oxygen atoms in total. The molecule has 2 heterocycles. The molecule has 4 rings (SSSR count). The third-order valence-corrected chi connectivity index (χ3v) is 5.75. The predicted molar refractivity (Wildman–Crippen MR) is 113 cm³/mol. The molecular weight excluding hydrogens is 393 g/mol. The summed E-state index contributed by atoms with van der Waals surface area (Å²) in [5, 5.41) is 18.0. The van der Waals surface area contributed by atoms with Gasteiger partial charge in [0.2, 0.25) is 5.82 Å². The van der Waals surface area contributed by atoms with Gasteiger partial charge < -0.3 is 9.88 Å². The Kier molecular flexibility index (Phi) is 4.83. The van der Waals surface area contributed by atoms with Gasteiger partial charge in [0.1, 0.15) is 6.07 Å². The van der Waals surface area contributed by atoms with Crippen LogP contribution in [0.2, 0.25) is 0 Å². The second-order valence-electron chi connectivity index (χ2n) is 7.97. The number of halogens is 1. The van der Waals surface area contributed by atoms with Crippen molar-refractivity contribution in [1.29, 1.82) is 10.5 Å². The maximum atomic E-state index is 15.3. The number of nitrogens with zero attached hydrogens (tertiary/aromatic N) is 4. The highest BCUT2D eigenvalue weighted by Crippen LogP contribution is 2.38. The fourth-order valence-corrected chi connectivity index (χ4v) is 4.01. The number of benzene rings is 2. The molecule has 2 aromatic carbocycles. The summed E-state index contributed by atoms with van der Waals surface area (Å²) in [5.74, 6) is -0.0258. The van der Waals surface area contributed by atoms with Gasteiger partial charge in [-0.3, -0.25) is 4.79 Å². The first-order valence-electron chi connectivity index (χ1n) is 9.83. The van der Waals surface area contributed by atoms with Crippen LogP contribution in [0.4, 0.5) is 4.39 Å². The molecule has 154 valence electrons. The summed E-state index contributed by atoms with van der Waals surface area (Å²) >= 11 is 0. The molecule has 0 atom stereocenters. The molecule has 0 radical (unpaired) electrons. The van der Waals surface area contributed by atoms with Crippen LogP contribution in [0.15, 0.2) is 36.4 Å². The number of hydrogen-bond donors (Lipinski definition) is 1. The normalized spacial score (nSPS) is 14.5. The number of aromatic nitrogens is 2. The molecule has 7 heteroatoms. The quantitative estimate of drug-likeness (QED) is 0.700. The number of imidazole rings is 1. The average Bonchev–Trinajstić information content (AvgIpc) is 3.11. The fraction of sp³-hybridized carbons (Fsp3) is 0.250. The summed E-state index contributed by atoms with van der Waals surface area (Å²) in [6.45, 7) is 5.53. The smallest absolute Gasteiger partial charge is 0.254 e. The highest BCUT2D eigenvalue weighted by molar-refractivity contribution is 5.98. The number of amides is 1. The van der Waals surface area contributed by atoms with Gasteiger partial charge in [-0.05, 0) is 55.7 Å². The fourth-order valence-electron chi connectivity index (χ4n) is 4.01. The van der Waals surface area contributed by atoms with Gasteiger partial charge >= 0.3 is 0 Å². The Balaban J connectivity index is 1.60. The van der Waals surface area contributed by atoms with Crippen molar-refractivity contribution in [2.45, 2.75) is 26.4 Å². The van der Waals surface area contributed by atoms with Crippen molar-refractivity contribution in [3.05, 3.63) is 75.7 Å². The third-order valence-electron chi connectivity index (χ3n) is 5.75. The number of alkyl halides is 1. The lowest BCUT2D eigenvalue weighted by Gasteiger charge is -2.45. The molecule has 0 unspecified atom stereocenters. The Morgan fingerprint density at radius 2 is 1.77 bits per heavy atom. The van der Waals surface area contributed by atoms with E-state index in [1.807, 2.05) is 39.0 Å². The first-order chi connectivity index (χ1) is 14.8. The van der Waals surface area contributed by atoms with Crippen LogP contribution in [-0.4, -0.2) is 33.9 Å². The van der Waals surface area contributed by atoms with Crippen LogP contribution in [0, 0.1) is 43.4 Å². The van der Waals surface area contributed by atoms with E-state index in [2.05, 4.69) is 9.97 Å². The van der Waals surface area contributed by atoms with Crippen molar-refractivity contribution in [2.24, 2.45) is 0 Å². The highest BCUT2D eigenvalue weighted by Gasteiger charge is 2.47. The van der Waals surface area contributed by atoms with Crippen molar-refractivity contribution in [1.82, 2.24) is 14.9 Å². The van der Waals surface area contributed by atoms with Gasteiger partial charge in [-0.15, -0.1) is 0 Å². The molecule has 0 bridgehead atoms. The zero-order valence-electron chi connectivity index (χ0n) is 17.5. The van der Waals surface area contributed by atoms with Gasteiger partial charge in [0.15, 0.2) is 5.67 Å². The molecule has 31 heavy (non-hydrogen) atoms. The van der Waals surface area contributed by atoms with E-state index in [0.29, 0.717) is 22.4 Å². The molecule has 1 saturated heterocycles. The summed E-state index contributed by atoms with van der Waals surface area (Å²) in [6, 6.07) is 14.1. The van der Waals surface area contributed by atoms with Crippen LogP contribution in [0.5, 0.6) is 0 Å². The predicted octanol–water partition coefficient (Wildman–Crippen LogP) is 4.07. The van der Waals surface area contributed by atoms with Gasteiger partial charge in [0.25, 0.3) is 5.91 Å². The lowest BCUT2D eigenvalue weighted by Crippen LogP contribution is -2.58. The van der Waals surface area contributed by atoms with E-state index in [1.165, 1.54) is 4.90 Å². The molecule has 1 amide bonds. The van der Waals surface area contributed by atoms with Crippen molar-refractivity contribution in [2.75, 3.05) is 13.1 Å². The Labute approximate surface area is 179 Å². The first-order valence-corrected chi connectivity index (χ1v) is 9.83. The minimum Gasteiger partial charge on any atom is -0.333 e. The Bertz CT molecular complexity index is 1270. The largest absolute Gasteiger partial charge is 0.333 e. The van der Waals surface area contributed by atoms with Crippen molar-refractivity contribution in [3.8, 4) is 23.4 Å². The van der Waals surface area contributed by atoms with E-state index in [9.17, 15) is 4.79 Å². The van der Waals surface area contributed by atoms with Crippen LogP contribution in [0.3, 0.4) is 0 Å². The number of nitriles is 2. The lowest BCUT2D eigenvalue weighted by atomic mass is 9.86. The molecule has 0 saturated carbocycles. The number of hydrogen-bond acceptors (Lipinski definition) is 4. The van der Waals surface area contributed by atoms with Crippen LogP contribution in [-0.2, 0) is 5.67 Å². The van der Waals surface area contributed by atoms with Crippen molar-refractivity contribution >= 4 is 5.91 Å². The van der Waals surface area contributed by atoms with Crippen LogP contribution in [0.25, 0.3) is 11.3 Å². The minimum absolute atomic E-state index is 0.0413. The molecule has 0 aliphatic carbocycles. The minimum atomic E-state index is -1.62. The van der Waals surface area contributed by atoms with Gasteiger partial charge in [-0.1, -0.05) is 18.2 Å². The Hall–Kier alpha value is -3.97. The Morgan fingerprint density at radius 1 is 1.10 bits per heavy atom. The van der Waals surface area contributed by atoms with Crippen molar-refractivity contribution in [3.63, 3.8) is 0 Å². The maximum absolute atomic E-state index is 15.3. The zero-order valence-corrected chi connectivity index (χ0v) is 17.5. The maximum Gasteiger partial charge on any atom is 0.254 e. The number of H-pyrrole nitrogens is 1. The average molecular weight is 413 g/mol. The van der Waals surface area contributed by atoms with E-state index in [4.69, 9.17) is 10.5 Å². The Morgan fingerprint density at radius 3 is 2.35 bits per heavy atom. The SMILES string of the molecule is Cc1cc(C)c(-c2nc(C#N)[nH]c2C)cc1C(=O)N1CC(F)(c2ccc(C#N)cc2)C1. The summed E-state index contributed by atoms with van der Waals surface area (Å²) < 4.78 is 15.3. The standard InChI is InChI=1S/C24H20FN5O/c1-14-8-15(2)20(9-19(14)22-16(3)28-21(11-27)29-22)23(31)30-12-24(25,13-30)18-6-4-17(10-26)5-7-18/h4-9H,12-13H2,1-3H3,(H,28,29). The molecule has 1 aliphatic rings. The summed E-state index contributed by atoms with van der Waals surface area (Å²) in [7, 11) is 0. The number of aromatic amines is 1. The summed E-state index contributed by atoms with van der Waals surface area (Å²) in [6.07, 6.45) is 0. The number of likely N-dealkylation sites (tertiary alicyclic amines) is 1. The van der Waals surface area contributed by atoms with Crippen molar-refractivity contribution < 1.29 is 9.18 Å². The first kappa shape index (κ1) is 20.3. The molecule has 1 N–H and O–H groups in total. The second-order valence-corrected chi connectivity index (χ2v) is 7.97. The van der Waals surface area contributed by atoms with Gasteiger partial charge in [0, 0.05) is 16.8 Å². The van der Waals surface area contributed by atoms with Gasteiger partial charge in [-0.25, -0.2) is 9.37 Å². The van der Waals surface area contributed by atoms with Crippen LogP contribution >= 0.6 is 0 Å². The molecule has 0 spiro atoms. The molecular formula is C24H20FN5O.